The Hall–Kier alpha value is -0.170. The van der Waals surface area contributed by atoms with Crippen LogP contribution in [0.3, 0.4) is 0 Å². The molecule has 0 amide bonds. The molecule has 0 bridgehead atoms. The summed E-state index contributed by atoms with van der Waals surface area (Å²) in [6, 6.07) is 0. The second-order valence-corrected chi connectivity index (χ2v) is 6.54. The molecule has 0 aromatic rings. The number of hydrogen-bond donors (Lipinski definition) is 1. The lowest BCUT2D eigenvalue weighted by molar-refractivity contribution is 0.221. The van der Waals surface area contributed by atoms with Crippen LogP contribution in [0.25, 0.3) is 0 Å². The van der Waals surface area contributed by atoms with Crippen LogP contribution in [0.15, 0.2) is 0 Å². The molecule has 1 rings (SSSR count). The maximum Gasteiger partial charge on any atom is 0.279 e. The summed E-state index contributed by atoms with van der Waals surface area (Å²) in [5, 5.41) is 0. The van der Waals surface area contributed by atoms with Gasteiger partial charge in [0.25, 0.3) is 10.2 Å². The van der Waals surface area contributed by atoms with E-state index in [0.717, 1.165) is 19.5 Å². The van der Waals surface area contributed by atoms with Gasteiger partial charge in [0.1, 0.15) is 0 Å². The van der Waals surface area contributed by atoms with Gasteiger partial charge in [-0.3, -0.25) is 0 Å². The molecule has 0 spiro atoms. The summed E-state index contributed by atoms with van der Waals surface area (Å²) < 4.78 is 27.9. The van der Waals surface area contributed by atoms with Crippen molar-refractivity contribution in [2.75, 3.05) is 39.8 Å². The van der Waals surface area contributed by atoms with Gasteiger partial charge in [-0.05, 0) is 19.4 Å². The molecule has 0 aromatic heterocycles. The lowest BCUT2D eigenvalue weighted by Gasteiger charge is -2.31. The fraction of sp³-hybridized carbons (Fsp3) is 1.00. The largest absolute Gasteiger partial charge is 0.304 e. The van der Waals surface area contributed by atoms with Crippen molar-refractivity contribution in [3.63, 3.8) is 0 Å². The van der Waals surface area contributed by atoms with Gasteiger partial charge in [-0.1, -0.05) is 13.8 Å². The minimum absolute atomic E-state index is 0.523. The Morgan fingerprint density at radius 1 is 1.19 bits per heavy atom. The van der Waals surface area contributed by atoms with E-state index in [-0.39, 0.29) is 0 Å². The predicted molar refractivity (Wildman–Crippen MR) is 65.4 cm³/mol. The van der Waals surface area contributed by atoms with E-state index < -0.39 is 10.2 Å². The van der Waals surface area contributed by atoms with Crippen molar-refractivity contribution in [3.05, 3.63) is 0 Å². The minimum atomic E-state index is -3.25. The standard InChI is InChI=1S/C10H23N3O2S/c1-10(2)4-5-11-16(14,15)13-8-6-12(3)7-9-13/h10-11H,4-9H2,1-3H3. The Balaban J connectivity index is 2.38. The molecule has 0 unspecified atom stereocenters. The van der Waals surface area contributed by atoms with Crippen LogP contribution in [0.5, 0.6) is 0 Å². The summed E-state index contributed by atoms with van der Waals surface area (Å²) >= 11 is 0. The summed E-state index contributed by atoms with van der Waals surface area (Å²) in [4.78, 5) is 2.14. The van der Waals surface area contributed by atoms with Crippen molar-refractivity contribution in [2.24, 2.45) is 5.92 Å². The second kappa shape index (κ2) is 5.95. The van der Waals surface area contributed by atoms with Crippen molar-refractivity contribution in [3.8, 4) is 0 Å². The molecule has 5 nitrogen and oxygen atoms in total. The van der Waals surface area contributed by atoms with E-state index in [4.69, 9.17) is 0 Å². The SMILES string of the molecule is CC(C)CCNS(=O)(=O)N1CCN(C)CC1. The van der Waals surface area contributed by atoms with Gasteiger partial charge in [0.2, 0.25) is 0 Å². The van der Waals surface area contributed by atoms with Gasteiger partial charge in [-0.15, -0.1) is 0 Å². The minimum Gasteiger partial charge on any atom is -0.304 e. The highest BCUT2D eigenvalue weighted by atomic mass is 32.2. The number of rotatable bonds is 5. The lowest BCUT2D eigenvalue weighted by atomic mass is 10.1. The van der Waals surface area contributed by atoms with Crippen LogP contribution in [0.4, 0.5) is 0 Å². The fourth-order valence-corrected chi connectivity index (χ4v) is 2.80. The average Bonchev–Trinajstić information content (AvgIpc) is 2.17. The van der Waals surface area contributed by atoms with Crippen LogP contribution in [-0.4, -0.2) is 57.4 Å². The summed E-state index contributed by atoms with van der Waals surface area (Å²) in [6.45, 7) is 7.51. The van der Waals surface area contributed by atoms with E-state index in [1.165, 1.54) is 4.31 Å². The Bertz CT molecular complexity index is 295. The first kappa shape index (κ1) is 13.9. The van der Waals surface area contributed by atoms with Gasteiger partial charge in [-0.2, -0.15) is 12.7 Å². The zero-order valence-corrected chi connectivity index (χ0v) is 11.3. The molecule has 0 radical (unpaired) electrons. The number of nitrogens with zero attached hydrogens (tertiary/aromatic N) is 2. The van der Waals surface area contributed by atoms with E-state index in [9.17, 15) is 8.42 Å². The second-order valence-electron chi connectivity index (χ2n) is 4.78. The van der Waals surface area contributed by atoms with Gasteiger partial charge >= 0.3 is 0 Å². The summed E-state index contributed by atoms with van der Waals surface area (Å²) in [6.07, 6.45) is 0.882. The van der Waals surface area contributed by atoms with Gasteiger partial charge in [0.05, 0.1) is 0 Å². The lowest BCUT2D eigenvalue weighted by Crippen LogP contribution is -2.51. The van der Waals surface area contributed by atoms with E-state index in [1.807, 2.05) is 7.05 Å². The predicted octanol–water partition coefficient (Wildman–Crippen LogP) is 0.114. The maximum absolute atomic E-state index is 11.9. The molecule has 0 aliphatic carbocycles. The van der Waals surface area contributed by atoms with Crippen LogP contribution >= 0.6 is 0 Å². The Kier molecular flexibility index (Phi) is 5.17. The van der Waals surface area contributed by atoms with E-state index in [0.29, 0.717) is 25.6 Å². The topological polar surface area (TPSA) is 52.7 Å². The zero-order chi connectivity index (χ0) is 12.2. The molecule has 6 heteroatoms. The molecular weight excluding hydrogens is 226 g/mol. The van der Waals surface area contributed by atoms with Crippen LogP contribution in [-0.2, 0) is 10.2 Å². The highest BCUT2D eigenvalue weighted by Gasteiger charge is 2.24. The molecule has 1 aliphatic heterocycles. The fourth-order valence-electron chi connectivity index (χ4n) is 1.60. The summed E-state index contributed by atoms with van der Waals surface area (Å²) in [5.74, 6) is 0.523. The van der Waals surface area contributed by atoms with Gasteiger partial charge in [0, 0.05) is 32.7 Å². The molecule has 1 N–H and O–H groups in total. The maximum atomic E-state index is 11.9. The highest BCUT2D eigenvalue weighted by molar-refractivity contribution is 7.87. The van der Waals surface area contributed by atoms with Crippen LogP contribution in [0.1, 0.15) is 20.3 Å². The van der Waals surface area contributed by atoms with Gasteiger partial charge < -0.3 is 4.90 Å². The normalized spacial score (nSPS) is 20.5. The van der Waals surface area contributed by atoms with Gasteiger partial charge in [-0.25, -0.2) is 4.72 Å². The number of likely N-dealkylation sites (N-methyl/N-ethyl adjacent to an activating group) is 1. The Labute approximate surface area is 99.0 Å². The molecule has 96 valence electrons. The van der Waals surface area contributed by atoms with Crippen LogP contribution < -0.4 is 4.72 Å². The molecule has 0 aromatic carbocycles. The Morgan fingerprint density at radius 3 is 2.25 bits per heavy atom. The number of nitrogens with one attached hydrogen (secondary N) is 1. The number of hydrogen-bond acceptors (Lipinski definition) is 3. The molecule has 16 heavy (non-hydrogen) atoms. The van der Waals surface area contributed by atoms with Crippen LogP contribution in [0, 0.1) is 5.92 Å². The smallest absolute Gasteiger partial charge is 0.279 e. The third kappa shape index (κ3) is 4.37. The van der Waals surface area contributed by atoms with E-state index in [2.05, 4.69) is 23.5 Å². The van der Waals surface area contributed by atoms with Crippen molar-refractivity contribution in [2.45, 2.75) is 20.3 Å². The Morgan fingerprint density at radius 2 is 1.75 bits per heavy atom. The first-order chi connectivity index (χ1) is 7.42. The molecular formula is C10H23N3O2S. The molecule has 1 saturated heterocycles. The van der Waals surface area contributed by atoms with Crippen molar-refractivity contribution in [1.29, 1.82) is 0 Å². The van der Waals surface area contributed by atoms with Gasteiger partial charge in [0.15, 0.2) is 0 Å². The van der Waals surface area contributed by atoms with Crippen molar-refractivity contribution in [1.82, 2.24) is 13.9 Å². The molecule has 1 aliphatic rings. The quantitative estimate of drug-likeness (QED) is 0.752. The summed E-state index contributed by atoms with van der Waals surface area (Å²) in [5.41, 5.74) is 0. The first-order valence-electron chi connectivity index (χ1n) is 5.85. The summed E-state index contributed by atoms with van der Waals surface area (Å²) in [7, 11) is -1.24. The van der Waals surface area contributed by atoms with Crippen molar-refractivity contribution < 1.29 is 8.42 Å². The third-order valence-corrected chi connectivity index (χ3v) is 4.42. The number of piperazine rings is 1. The molecule has 1 heterocycles. The third-order valence-electron chi connectivity index (χ3n) is 2.81. The van der Waals surface area contributed by atoms with Crippen molar-refractivity contribution >= 4 is 10.2 Å². The average molecular weight is 249 g/mol. The highest BCUT2D eigenvalue weighted by Crippen LogP contribution is 2.05. The monoisotopic (exact) mass is 249 g/mol. The van der Waals surface area contributed by atoms with E-state index >= 15 is 0 Å². The zero-order valence-electron chi connectivity index (χ0n) is 10.4. The molecule has 0 atom stereocenters. The first-order valence-corrected chi connectivity index (χ1v) is 7.29. The molecule has 0 saturated carbocycles. The van der Waals surface area contributed by atoms with Crippen LogP contribution in [0.2, 0.25) is 0 Å². The molecule has 1 fully saturated rings. The van der Waals surface area contributed by atoms with E-state index in [1.54, 1.807) is 0 Å².